The highest BCUT2D eigenvalue weighted by Gasteiger charge is 2.13. The van der Waals surface area contributed by atoms with Crippen molar-refractivity contribution in [3.05, 3.63) is 17.3 Å². The quantitative estimate of drug-likeness (QED) is 0.775. The molecule has 0 bridgehead atoms. The van der Waals surface area contributed by atoms with Gasteiger partial charge in [-0.15, -0.1) is 0 Å². The van der Waals surface area contributed by atoms with Crippen LogP contribution in [0.2, 0.25) is 0 Å². The third-order valence-corrected chi connectivity index (χ3v) is 2.62. The van der Waals surface area contributed by atoms with Gasteiger partial charge in [0.05, 0.1) is 5.69 Å². The Morgan fingerprint density at radius 2 is 2.27 bits per heavy atom. The van der Waals surface area contributed by atoms with E-state index in [1.807, 2.05) is 24.7 Å². The molecule has 0 spiro atoms. The fourth-order valence-corrected chi connectivity index (χ4v) is 1.63. The number of aromatic nitrogens is 4. The number of nitrogen functional groups attached to an aromatic ring is 1. The molecule has 0 amide bonds. The van der Waals surface area contributed by atoms with Crippen LogP contribution in [0.4, 0.5) is 5.82 Å². The van der Waals surface area contributed by atoms with Gasteiger partial charge in [-0.2, -0.15) is 10.2 Å². The zero-order valence-corrected chi connectivity index (χ0v) is 9.20. The van der Waals surface area contributed by atoms with Crippen molar-refractivity contribution in [2.75, 3.05) is 5.73 Å². The zero-order chi connectivity index (χ0) is 11.0. The van der Waals surface area contributed by atoms with Gasteiger partial charge in [0.15, 0.2) is 0 Å². The number of rotatable bonds is 2. The molecule has 0 unspecified atom stereocenters. The first-order chi connectivity index (χ1) is 7.13. The Morgan fingerprint density at radius 3 is 2.80 bits per heavy atom. The number of nitrogens with zero attached hydrogens (tertiary/aromatic N) is 3. The Morgan fingerprint density at radius 1 is 1.53 bits per heavy atom. The van der Waals surface area contributed by atoms with Crippen molar-refractivity contribution < 1.29 is 0 Å². The number of nitrogens with one attached hydrogen (secondary N) is 1. The minimum absolute atomic E-state index is 0.566. The third-order valence-electron chi connectivity index (χ3n) is 2.62. The highest BCUT2D eigenvalue weighted by atomic mass is 15.3. The van der Waals surface area contributed by atoms with Crippen LogP contribution in [0.25, 0.3) is 11.4 Å². The summed E-state index contributed by atoms with van der Waals surface area (Å²) in [4.78, 5) is 0. The van der Waals surface area contributed by atoms with Crippen LogP contribution in [0, 0.1) is 6.92 Å². The Balaban J connectivity index is 2.53. The van der Waals surface area contributed by atoms with Crippen LogP contribution in [-0.2, 0) is 13.5 Å². The molecule has 0 aromatic carbocycles. The molecule has 3 N–H and O–H groups in total. The minimum Gasteiger partial charge on any atom is -0.382 e. The number of aromatic amines is 1. The molecular formula is C10H15N5. The molecule has 0 fully saturated rings. The van der Waals surface area contributed by atoms with E-state index in [1.54, 1.807) is 0 Å². The maximum atomic E-state index is 5.76. The average molecular weight is 205 g/mol. The second-order valence-electron chi connectivity index (χ2n) is 3.61. The maximum absolute atomic E-state index is 5.76. The Labute approximate surface area is 88.3 Å². The summed E-state index contributed by atoms with van der Waals surface area (Å²) in [5.74, 6) is 0.566. The molecule has 0 aliphatic rings. The number of hydrogen-bond donors (Lipinski definition) is 2. The summed E-state index contributed by atoms with van der Waals surface area (Å²) in [6.45, 7) is 4.07. The van der Waals surface area contributed by atoms with E-state index in [0.29, 0.717) is 5.82 Å². The standard InChI is InChI=1S/C10H15N5/c1-4-7-9(12-13-10(7)11)8-5-6(2)15(3)14-8/h5H,4H2,1-3H3,(H3,11,12,13). The number of anilines is 1. The lowest BCUT2D eigenvalue weighted by Crippen LogP contribution is -1.94. The molecule has 2 aromatic heterocycles. The Hall–Kier alpha value is -1.78. The number of aryl methyl sites for hydroxylation is 2. The summed E-state index contributed by atoms with van der Waals surface area (Å²) in [6, 6.07) is 2.02. The van der Waals surface area contributed by atoms with E-state index >= 15 is 0 Å². The second-order valence-corrected chi connectivity index (χ2v) is 3.61. The predicted molar refractivity (Wildman–Crippen MR) is 59.3 cm³/mol. The van der Waals surface area contributed by atoms with Gasteiger partial charge in [0.25, 0.3) is 0 Å². The van der Waals surface area contributed by atoms with Gasteiger partial charge in [-0.1, -0.05) is 6.92 Å². The molecule has 0 saturated carbocycles. The van der Waals surface area contributed by atoms with Crippen LogP contribution in [0.15, 0.2) is 6.07 Å². The molecule has 5 heteroatoms. The van der Waals surface area contributed by atoms with E-state index in [4.69, 9.17) is 5.73 Å². The van der Waals surface area contributed by atoms with Gasteiger partial charge in [-0.3, -0.25) is 9.78 Å². The molecule has 0 saturated heterocycles. The van der Waals surface area contributed by atoms with Crippen molar-refractivity contribution in [2.24, 2.45) is 7.05 Å². The number of nitrogens with two attached hydrogens (primary N) is 1. The SMILES string of the molecule is CCc1c(N)n[nH]c1-c1cc(C)n(C)n1. The summed E-state index contributed by atoms with van der Waals surface area (Å²) in [7, 11) is 1.92. The molecule has 0 aliphatic heterocycles. The molecule has 5 nitrogen and oxygen atoms in total. The predicted octanol–water partition coefficient (Wildman–Crippen LogP) is 1.26. The fourth-order valence-electron chi connectivity index (χ4n) is 1.63. The van der Waals surface area contributed by atoms with Crippen molar-refractivity contribution in [1.29, 1.82) is 0 Å². The molecule has 15 heavy (non-hydrogen) atoms. The van der Waals surface area contributed by atoms with Crippen molar-refractivity contribution in [2.45, 2.75) is 20.3 Å². The summed E-state index contributed by atoms with van der Waals surface area (Å²) in [5.41, 5.74) is 9.73. The van der Waals surface area contributed by atoms with Crippen LogP contribution in [-0.4, -0.2) is 20.0 Å². The van der Waals surface area contributed by atoms with Crippen molar-refractivity contribution in [3.8, 4) is 11.4 Å². The monoisotopic (exact) mass is 205 g/mol. The minimum atomic E-state index is 0.566. The first-order valence-electron chi connectivity index (χ1n) is 4.97. The van der Waals surface area contributed by atoms with E-state index in [2.05, 4.69) is 22.2 Å². The lowest BCUT2D eigenvalue weighted by Gasteiger charge is -1.96. The normalized spacial score (nSPS) is 10.9. The molecule has 0 atom stereocenters. The van der Waals surface area contributed by atoms with Crippen LogP contribution in [0.1, 0.15) is 18.2 Å². The maximum Gasteiger partial charge on any atom is 0.149 e. The third kappa shape index (κ3) is 1.49. The molecule has 0 radical (unpaired) electrons. The molecular weight excluding hydrogens is 190 g/mol. The highest BCUT2D eigenvalue weighted by molar-refractivity contribution is 5.65. The van der Waals surface area contributed by atoms with Gasteiger partial charge in [0, 0.05) is 18.3 Å². The van der Waals surface area contributed by atoms with Gasteiger partial charge >= 0.3 is 0 Å². The Bertz CT molecular complexity index is 460. The van der Waals surface area contributed by atoms with Gasteiger partial charge < -0.3 is 5.73 Å². The lowest BCUT2D eigenvalue weighted by atomic mass is 10.1. The fraction of sp³-hybridized carbons (Fsp3) is 0.400. The zero-order valence-electron chi connectivity index (χ0n) is 9.20. The van der Waals surface area contributed by atoms with Crippen molar-refractivity contribution >= 4 is 5.82 Å². The first kappa shape index (κ1) is 9.76. The van der Waals surface area contributed by atoms with E-state index in [9.17, 15) is 0 Å². The van der Waals surface area contributed by atoms with E-state index in [0.717, 1.165) is 29.1 Å². The molecule has 80 valence electrons. The largest absolute Gasteiger partial charge is 0.382 e. The highest BCUT2D eigenvalue weighted by Crippen LogP contribution is 2.24. The number of hydrogen-bond acceptors (Lipinski definition) is 3. The van der Waals surface area contributed by atoms with Crippen LogP contribution in [0.3, 0.4) is 0 Å². The van der Waals surface area contributed by atoms with Gasteiger partial charge in [0.2, 0.25) is 0 Å². The number of H-pyrrole nitrogens is 1. The van der Waals surface area contributed by atoms with Crippen LogP contribution < -0.4 is 5.73 Å². The van der Waals surface area contributed by atoms with Crippen LogP contribution >= 0.6 is 0 Å². The average Bonchev–Trinajstić information content (AvgIpc) is 2.71. The smallest absolute Gasteiger partial charge is 0.149 e. The Kier molecular flexibility index (Phi) is 2.22. The van der Waals surface area contributed by atoms with Crippen molar-refractivity contribution in [1.82, 2.24) is 20.0 Å². The lowest BCUT2D eigenvalue weighted by molar-refractivity contribution is 0.741. The topological polar surface area (TPSA) is 72.5 Å². The molecule has 2 rings (SSSR count). The summed E-state index contributed by atoms with van der Waals surface area (Å²) >= 11 is 0. The summed E-state index contributed by atoms with van der Waals surface area (Å²) in [6.07, 6.45) is 0.854. The van der Waals surface area contributed by atoms with Gasteiger partial charge in [0.1, 0.15) is 11.5 Å². The van der Waals surface area contributed by atoms with Gasteiger partial charge in [-0.05, 0) is 19.4 Å². The van der Waals surface area contributed by atoms with Crippen molar-refractivity contribution in [3.63, 3.8) is 0 Å². The van der Waals surface area contributed by atoms with E-state index < -0.39 is 0 Å². The van der Waals surface area contributed by atoms with E-state index in [1.165, 1.54) is 0 Å². The van der Waals surface area contributed by atoms with Gasteiger partial charge in [-0.25, -0.2) is 0 Å². The van der Waals surface area contributed by atoms with E-state index in [-0.39, 0.29) is 0 Å². The molecule has 0 aliphatic carbocycles. The first-order valence-corrected chi connectivity index (χ1v) is 4.97. The molecule has 2 aromatic rings. The van der Waals surface area contributed by atoms with Crippen LogP contribution in [0.5, 0.6) is 0 Å². The molecule has 2 heterocycles. The second kappa shape index (κ2) is 3.42. The summed E-state index contributed by atoms with van der Waals surface area (Å²) < 4.78 is 1.84. The summed E-state index contributed by atoms with van der Waals surface area (Å²) in [5, 5.41) is 11.3.